The minimum atomic E-state index is 0.415. The molecule has 0 amide bonds. The second kappa shape index (κ2) is 25.1. The molecular formula is C72H54N6Se6. The van der Waals surface area contributed by atoms with Crippen LogP contribution in [0.3, 0.4) is 0 Å². The Bertz CT molecular complexity index is 5130. The molecule has 0 radical (unpaired) electrons. The first-order chi connectivity index (χ1) is 41.1. The van der Waals surface area contributed by atoms with Crippen molar-refractivity contribution in [1.82, 2.24) is 29.9 Å². The molecule has 0 fully saturated rings. The molecule has 12 aromatic heterocycles. The van der Waals surface area contributed by atoms with Crippen LogP contribution in [0.1, 0.15) is 34.2 Å². The molecule has 0 N–H and O–H groups in total. The molecule has 84 heavy (non-hydrogen) atoms. The van der Waals surface area contributed by atoms with E-state index in [1.165, 1.54) is 122 Å². The molecular weight excluding hydrogens is 1420 g/mol. The van der Waals surface area contributed by atoms with Crippen LogP contribution in [0, 0.1) is 41.5 Å². The van der Waals surface area contributed by atoms with Gasteiger partial charge in [0.05, 0.1) is 0 Å². The molecule has 408 valence electrons. The van der Waals surface area contributed by atoms with Crippen LogP contribution in [-0.4, -0.2) is 117 Å². The zero-order valence-electron chi connectivity index (χ0n) is 46.9. The van der Waals surface area contributed by atoms with Gasteiger partial charge in [-0.05, 0) is 0 Å². The molecule has 0 aliphatic carbocycles. The molecule has 12 heterocycles. The van der Waals surface area contributed by atoms with Gasteiger partial charge < -0.3 is 0 Å². The number of fused-ring (bicyclic) bond motifs is 18. The van der Waals surface area contributed by atoms with E-state index in [2.05, 4.69) is 252 Å². The van der Waals surface area contributed by atoms with Crippen LogP contribution in [0.15, 0.2) is 219 Å². The van der Waals surface area contributed by atoms with Crippen LogP contribution < -0.4 is 0 Å². The Labute approximate surface area is 522 Å². The van der Waals surface area contributed by atoms with Crippen molar-refractivity contribution in [3.63, 3.8) is 0 Å². The first kappa shape index (κ1) is 56.5. The van der Waals surface area contributed by atoms with Gasteiger partial charge in [0.15, 0.2) is 0 Å². The van der Waals surface area contributed by atoms with E-state index in [0.717, 1.165) is 28.5 Å². The summed E-state index contributed by atoms with van der Waals surface area (Å²) in [6, 6.07) is 69.2. The molecule has 0 unspecified atom stereocenters. The third-order valence-corrected chi connectivity index (χ3v) is 29.0. The van der Waals surface area contributed by atoms with Crippen molar-refractivity contribution in [1.29, 1.82) is 0 Å². The van der Waals surface area contributed by atoms with Gasteiger partial charge in [-0.2, -0.15) is 0 Å². The van der Waals surface area contributed by atoms with Gasteiger partial charge in [0, 0.05) is 0 Å². The first-order valence-corrected chi connectivity index (χ1v) is 37.8. The van der Waals surface area contributed by atoms with Gasteiger partial charge >= 0.3 is 528 Å². The van der Waals surface area contributed by atoms with Crippen LogP contribution in [0.5, 0.6) is 0 Å². The molecule has 0 saturated heterocycles. The Kier molecular flexibility index (Phi) is 16.9. The summed E-state index contributed by atoms with van der Waals surface area (Å²) in [7, 11) is 0. The quantitative estimate of drug-likeness (QED) is 0.141. The molecule has 6 aromatic carbocycles. The van der Waals surface area contributed by atoms with E-state index < -0.39 is 0 Å². The molecule has 0 spiro atoms. The summed E-state index contributed by atoms with van der Waals surface area (Å²) in [6.45, 7) is 12.4. The Balaban J connectivity index is 0.0000000940. The Morgan fingerprint density at radius 1 is 0.262 bits per heavy atom. The van der Waals surface area contributed by atoms with Crippen LogP contribution in [0.2, 0.25) is 0 Å². The zero-order chi connectivity index (χ0) is 57.3. The number of benzene rings is 6. The van der Waals surface area contributed by atoms with E-state index in [4.69, 9.17) is 0 Å². The average molecular weight is 1480 g/mol. The van der Waals surface area contributed by atoms with Gasteiger partial charge in [0.1, 0.15) is 0 Å². The van der Waals surface area contributed by atoms with Crippen molar-refractivity contribution >= 4 is 203 Å². The van der Waals surface area contributed by atoms with Crippen molar-refractivity contribution in [2.24, 2.45) is 0 Å². The van der Waals surface area contributed by atoms with Crippen molar-refractivity contribution in [2.75, 3.05) is 0 Å². The second-order valence-corrected chi connectivity index (χ2v) is 33.8. The predicted octanol–water partition coefficient (Wildman–Crippen LogP) is 16.5. The summed E-state index contributed by atoms with van der Waals surface area (Å²) in [5, 5.41) is 15.2. The molecule has 6 nitrogen and oxygen atoms in total. The summed E-state index contributed by atoms with van der Waals surface area (Å²) >= 11 is 2.78. The summed E-state index contributed by atoms with van der Waals surface area (Å²) in [6.07, 6.45) is 7.87. The first-order valence-electron chi connectivity index (χ1n) is 27.5. The SMILES string of the molecule is Cc1cc2[se]c3ccccc3c2cn1.Cc1cc2c(cn1)[se]c1ccccc12.Cc1ccc2[se]c3ccccc3c2n1.Cc1ccc2c(n1)[se]c1ccccc12.Cc1nccc2[se]c3ccccc3c12.Cc1nccc2c1[se]c1ccccc12. The molecule has 0 atom stereocenters. The van der Waals surface area contributed by atoms with Crippen LogP contribution in [0.4, 0.5) is 0 Å². The Morgan fingerprint density at radius 2 is 0.738 bits per heavy atom. The van der Waals surface area contributed by atoms with Crippen molar-refractivity contribution in [3.05, 3.63) is 253 Å². The number of aryl methyl sites for hydroxylation is 6. The maximum absolute atomic E-state index is 4.61. The summed E-state index contributed by atoms with van der Waals surface area (Å²) in [5.74, 6) is 0. The molecule has 0 saturated carbocycles. The van der Waals surface area contributed by atoms with E-state index in [1.54, 1.807) is 0 Å². The second-order valence-electron chi connectivity index (χ2n) is 20.4. The molecule has 18 aromatic rings. The zero-order valence-corrected chi connectivity index (χ0v) is 57.2. The Hall–Kier alpha value is -6.66. The molecule has 18 rings (SSSR count). The topological polar surface area (TPSA) is 77.3 Å². The molecule has 0 aliphatic rings. The number of nitrogens with zero attached hydrogens (tertiary/aromatic N) is 6. The van der Waals surface area contributed by atoms with Gasteiger partial charge in [-0.3, -0.25) is 0 Å². The van der Waals surface area contributed by atoms with Gasteiger partial charge in [0.25, 0.3) is 0 Å². The van der Waals surface area contributed by atoms with Gasteiger partial charge in [-0.1, -0.05) is 0 Å². The van der Waals surface area contributed by atoms with E-state index in [1.807, 2.05) is 38.6 Å². The fraction of sp³-hybridized carbons (Fsp3) is 0.0833. The third-order valence-electron chi connectivity index (χ3n) is 14.5. The van der Waals surface area contributed by atoms with E-state index in [9.17, 15) is 0 Å². The van der Waals surface area contributed by atoms with Crippen molar-refractivity contribution < 1.29 is 0 Å². The number of rotatable bonds is 0. The van der Waals surface area contributed by atoms with Crippen LogP contribution in [-0.2, 0) is 0 Å². The maximum atomic E-state index is 4.61. The third kappa shape index (κ3) is 11.9. The fourth-order valence-corrected chi connectivity index (χ4v) is 24.5. The average Bonchev–Trinajstić information content (AvgIpc) is 4.54. The van der Waals surface area contributed by atoms with Gasteiger partial charge in [-0.25, -0.2) is 0 Å². The summed E-state index contributed by atoms with van der Waals surface area (Å²) in [4.78, 5) is 26.6. The standard InChI is InChI=1S/6C12H9NSe/c1-8-6-12-10(7-13-8)9-4-2-3-5-11(9)14-12;1-8-6-10-9-4-2-3-5-11(9)14-12(10)7-13-8;1-8-12-10(6-7-13-8)9-4-2-3-5-11(9)14-12;1-8-12-9-4-2-3-5-10(9)14-11(12)6-7-13-8;1-8-6-7-10-9-4-2-3-5-11(9)14-12(10)13-8;1-8-6-7-11-12(13-8)9-4-2-3-5-10(9)14-11/h6*2-7H,1H3. The van der Waals surface area contributed by atoms with Crippen LogP contribution >= 0.6 is 0 Å². The number of hydrogen-bond donors (Lipinski definition) is 0. The van der Waals surface area contributed by atoms with Crippen LogP contribution in [0.25, 0.3) is 116 Å². The van der Waals surface area contributed by atoms with Gasteiger partial charge in [-0.15, -0.1) is 0 Å². The van der Waals surface area contributed by atoms with E-state index in [0.29, 0.717) is 87.0 Å². The molecule has 0 bridgehead atoms. The molecule has 12 heteroatoms. The number of aromatic nitrogens is 6. The van der Waals surface area contributed by atoms with Crippen molar-refractivity contribution in [3.8, 4) is 0 Å². The van der Waals surface area contributed by atoms with E-state index >= 15 is 0 Å². The van der Waals surface area contributed by atoms with Crippen molar-refractivity contribution in [2.45, 2.75) is 41.5 Å². The number of pyridine rings is 6. The summed E-state index contributed by atoms with van der Waals surface area (Å²) in [5.41, 5.74) is 8.03. The minimum absolute atomic E-state index is 0.415. The number of hydrogen-bond acceptors (Lipinski definition) is 6. The Morgan fingerprint density at radius 3 is 1.44 bits per heavy atom. The summed E-state index contributed by atoms with van der Waals surface area (Å²) < 4.78 is 17.4. The fourth-order valence-electron chi connectivity index (χ4n) is 10.5. The van der Waals surface area contributed by atoms with Gasteiger partial charge in [0.2, 0.25) is 0 Å². The monoisotopic (exact) mass is 1480 g/mol. The normalized spacial score (nSPS) is 11.2. The predicted molar refractivity (Wildman–Crippen MR) is 366 cm³/mol. The van der Waals surface area contributed by atoms with E-state index in [-0.39, 0.29) is 0 Å². The molecule has 0 aliphatic heterocycles.